The summed E-state index contributed by atoms with van der Waals surface area (Å²) in [6, 6.07) is 14.9. The summed E-state index contributed by atoms with van der Waals surface area (Å²) in [5.41, 5.74) is 1.81. The number of morpholine rings is 1. The summed E-state index contributed by atoms with van der Waals surface area (Å²) >= 11 is 5.97. The van der Waals surface area contributed by atoms with Crippen molar-refractivity contribution in [3.05, 3.63) is 81.1 Å². The van der Waals surface area contributed by atoms with Crippen molar-refractivity contribution in [1.29, 1.82) is 0 Å². The van der Waals surface area contributed by atoms with Gasteiger partial charge in [-0.3, -0.25) is 9.59 Å². The summed E-state index contributed by atoms with van der Waals surface area (Å²) < 4.78 is 7.26. The summed E-state index contributed by atoms with van der Waals surface area (Å²) in [5, 5.41) is 1.22. The summed E-state index contributed by atoms with van der Waals surface area (Å²) in [6.07, 6.45) is 1.68. The lowest BCUT2D eigenvalue weighted by Crippen LogP contribution is -2.42. The van der Waals surface area contributed by atoms with Crippen molar-refractivity contribution in [3.8, 4) is 0 Å². The molecule has 0 radical (unpaired) electrons. The van der Waals surface area contributed by atoms with Crippen LogP contribution in [0.3, 0.4) is 0 Å². The first-order valence-corrected chi connectivity index (χ1v) is 9.25. The molecular weight excluding hydrogens is 364 g/mol. The molecule has 0 aliphatic carbocycles. The van der Waals surface area contributed by atoms with Gasteiger partial charge in [0.15, 0.2) is 0 Å². The van der Waals surface area contributed by atoms with Crippen LogP contribution in [0.25, 0.3) is 10.9 Å². The minimum atomic E-state index is -0.237. The standard InChI is InChI=1S/C21H19ClN2O3/c22-16-7-5-15(6-8-16)13-24-14-18(21(26)23-9-11-27-12-10-23)20(25)17-3-1-2-4-19(17)24/h1-8,14H,9-13H2. The number of amides is 1. The van der Waals surface area contributed by atoms with Gasteiger partial charge in [0.05, 0.1) is 18.7 Å². The maximum atomic E-state index is 13.0. The number of fused-ring (bicyclic) bond motifs is 1. The van der Waals surface area contributed by atoms with Crippen LogP contribution in [-0.2, 0) is 11.3 Å². The number of aromatic nitrogens is 1. The molecule has 0 spiro atoms. The molecule has 0 atom stereocenters. The van der Waals surface area contributed by atoms with E-state index in [0.717, 1.165) is 11.1 Å². The second-order valence-corrected chi connectivity index (χ2v) is 6.98. The Morgan fingerprint density at radius 1 is 1.04 bits per heavy atom. The van der Waals surface area contributed by atoms with Crippen LogP contribution in [0.4, 0.5) is 0 Å². The number of hydrogen-bond acceptors (Lipinski definition) is 3. The van der Waals surface area contributed by atoms with Gasteiger partial charge in [-0.1, -0.05) is 35.9 Å². The molecule has 0 bridgehead atoms. The van der Waals surface area contributed by atoms with Crippen LogP contribution in [-0.4, -0.2) is 41.7 Å². The van der Waals surface area contributed by atoms with Crippen LogP contribution in [0, 0.1) is 0 Å². The highest BCUT2D eigenvalue weighted by Crippen LogP contribution is 2.17. The van der Waals surface area contributed by atoms with E-state index in [9.17, 15) is 9.59 Å². The smallest absolute Gasteiger partial charge is 0.259 e. The van der Waals surface area contributed by atoms with Gasteiger partial charge in [-0.25, -0.2) is 0 Å². The molecule has 1 saturated heterocycles. The average Bonchev–Trinajstić information content (AvgIpc) is 2.72. The van der Waals surface area contributed by atoms with Crippen molar-refractivity contribution in [2.24, 2.45) is 0 Å². The number of nitrogens with zero attached hydrogens (tertiary/aromatic N) is 2. The molecule has 4 rings (SSSR count). The lowest BCUT2D eigenvalue weighted by Gasteiger charge is -2.27. The number of carbonyl (C=O) groups is 1. The molecule has 1 aliphatic heterocycles. The van der Waals surface area contributed by atoms with E-state index < -0.39 is 0 Å². The lowest BCUT2D eigenvalue weighted by molar-refractivity contribution is 0.0301. The maximum Gasteiger partial charge on any atom is 0.259 e. The van der Waals surface area contributed by atoms with Gasteiger partial charge in [-0.15, -0.1) is 0 Å². The Morgan fingerprint density at radius 3 is 2.48 bits per heavy atom. The summed E-state index contributed by atoms with van der Waals surface area (Å²) in [4.78, 5) is 27.6. The normalized spacial score (nSPS) is 14.5. The molecule has 1 aromatic heterocycles. The number of rotatable bonds is 3. The van der Waals surface area contributed by atoms with E-state index in [0.29, 0.717) is 43.3 Å². The zero-order valence-electron chi connectivity index (χ0n) is 14.7. The number of para-hydroxylation sites is 1. The minimum absolute atomic E-state index is 0.199. The number of carbonyl (C=O) groups excluding carboxylic acids is 1. The zero-order valence-corrected chi connectivity index (χ0v) is 15.5. The molecule has 3 aromatic rings. The molecule has 2 heterocycles. The number of benzene rings is 2. The van der Waals surface area contributed by atoms with Crippen LogP contribution in [0.1, 0.15) is 15.9 Å². The first kappa shape index (κ1) is 17.8. The number of hydrogen-bond donors (Lipinski definition) is 0. The molecule has 2 aromatic carbocycles. The van der Waals surface area contributed by atoms with E-state index in [1.165, 1.54) is 0 Å². The molecule has 1 amide bonds. The predicted octanol–water partition coefficient (Wildman–Crippen LogP) is 3.18. The third-order valence-electron chi connectivity index (χ3n) is 4.78. The fraction of sp³-hybridized carbons (Fsp3) is 0.238. The van der Waals surface area contributed by atoms with Crippen molar-refractivity contribution >= 4 is 28.4 Å². The summed E-state index contributed by atoms with van der Waals surface area (Å²) in [5.74, 6) is -0.237. The van der Waals surface area contributed by atoms with E-state index in [-0.39, 0.29) is 16.9 Å². The molecule has 27 heavy (non-hydrogen) atoms. The number of pyridine rings is 1. The fourth-order valence-electron chi connectivity index (χ4n) is 3.35. The highest BCUT2D eigenvalue weighted by Gasteiger charge is 2.22. The van der Waals surface area contributed by atoms with Gasteiger partial charge < -0.3 is 14.2 Å². The average molecular weight is 383 g/mol. The third kappa shape index (κ3) is 3.61. The Kier molecular flexibility index (Phi) is 4.97. The molecular formula is C21H19ClN2O3. The Bertz CT molecular complexity index is 1040. The molecule has 1 fully saturated rings. The monoisotopic (exact) mass is 382 g/mol. The summed E-state index contributed by atoms with van der Waals surface area (Å²) in [7, 11) is 0. The van der Waals surface area contributed by atoms with Gasteiger partial charge in [0, 0.05) is 36.2 Å². The van der Waals surface area contributed by atoms with Crippen LogP contribution in [0.2, 0.25) is 5.02 Å². The maximum absolute atomic E-state index is 13.0. The molecule has 6 heteroatoms. The molecule has 138 valence electrons. The van der Waals surface area contributed by atoms with Crippen LogP contribution >= 0.6 is 11.6 Å². The topological polar surface area (TPSA) is 51.5 Å². The van der Waals surface area contributed by atoms with E-state index >= 15 is 0 Å². The van der Waals surface area contributed by atoms with E-state index in [2.05, 4.69) is 0 Å². The van der Waals surface area contributed by atoms with Crippen molar-refractivity contribution in [3.63, 3.8) is 0 Å². The van der Waals surface area contributed by atoms with E-state index in [4.69, 9.17) is 16.3 Å². The Labute approximate surface area is 161 Å². The zero-order chi connectivity index (χ0) is 18.8. The third-order valence-corrected chi connectivity index (χ3v) is 5.03. The lowest BCUT2D eigenvalue weighted by atomic mass is 10.1. The SMILES string of the molecule is O=C(c1cn(Cc2ccc(Cl)cc2)c2ccccc2c1=O)N1CCOCC1. The van der Waals surface area contributed by atoms with E-state index in [1.807, 2.05) is 47.0 Å². The molecule has 5 nitrogen and oxygen atoms in total. The first-order valence-electron chi connectivity index (χ1n) is 8.87. The second-order valence-electron chi connectivity index (χ2n) is 6.55. The van der Waals surface area contributed by atoms with Gasteiger partial charge >= 0.3 is 0 Å². The van der Waals surface area contributed by atoms with Gasteiger partial charge in [0.2, 0.25) is 5.43 Å². The van der Waals surface area contributed by atoms with Gasteiger partial charge in [-0.2, -0.15) is 0 Å². The van der Waals surface area contributed by atoms with Crippen molar-refractivity contribution in [1.82, 2.24) is 9.47 Å². The fourth-order valence-corrected chi connectivity index (χ4v) is 3.48. The molecule has 1 aliphatic rings. The quantitative estimate of drug-likeness (QED) is 0.699. The number of halogens is 1. The van der Waals surface area contributed by atoms with Gasteiger partial charge in [0.25, 0.3) is 5.91 Å². The molecule has 0 unspecified atom stereocenters. The Balaban J connectivity index is 1.80. The van der Waals surface area contributed by atoms with Crippen LogP contribution < -0.4 is 5.43 Å². The largest absolute Gasteiger partial charge is 0.378 e. The van der Waals surface area contributed by atoms with E-state index in [1.54, 1.807) is 17.2 Å². The van der Waals surface area contributed by atoms with Crippen LogP contribution in [0.15, 0.2) is 59.5 Å². The number of ether oxygens (including phenoxy) is 1. The minimum Gasteiger partial charge on any atom is -0.378 e. The highest BCUT2D eigenvalue weighted by molar-refractivity contribution is 6.30. The predicted molar refractivity (Wildman–Crippen MR) is 105 cm³/mol. The van der Waals surface area contributed by atoms with Gasteiger partial charge in [0.1, 0.15) is 5.56 Å². The van der Waals surface area contributed by atoms with Crippen molar-refractivity contribution in [2.45, 2.75) is 6.54 Å². The van der Waals surface area contributed by atoms with Crippen molar-refractivity contribution < 1.29 is 9.53 Å². The Morgan fingerprint density at radius 2 is 1.74 bits per heavy atom. The Hall–Kier alpha value is -2.63. The van der Waals surface area contributed by atoms with Crippen LogP contribution in [0.5, 0.6) is 0 Å². The van der Waals surface area contributed by atoms with Gasteiger partial charge in [-0.05, 0) is 29.8 Å². The first-order chi connectivity index (χ1) is 13.1. The summed E-state index contributed by atoms with van der Waals surface area (Å²) in [6.45, 7) is 2.54. The second kappa shape index (κ2) is 7.55. The molecule has 0 N–H and O–H groups in total. The molecule has 0 saturated carbocycles. The van der Waals surface area contributed by atoms with Crippen molar-refractivity contribution in [2.75, 3.05) is 26.3 Å². The highest BCUT2D eigenvalue weighted by atomic mass is 35.5.